The van der Waals surface area contributed by atoms with Crippen LogP contribution in [0, 0.1) is 11.3 Å². The van der Waals surface area contributed by atoms with Crippen LogP contribution in [-0.2, 0) is 4.79 Å². The van der Waals surface area contributed by atoms with Gasteiger partial charge in [0.15, 0.2) is 0 Å². The number of carbonyl (C=O) groups is 2. The first-order valence-electron chi connectivity index (χ1n) is 9.13. The molecule has 0 unspecified atom stereocenters. The number of imide groups is 1. The first-order valence-corrected chi connectivity index (χ1v) is 9.13. The molecule has 144 valence electrons. The van der Waals surface area contributed by atoms with Gasteiger partial charge >= 0.3 is 6.03 Å². The number of aromatic nitrogens is 1. The molecule has 1 aromatic heterocycles. The molecule has 1 atom stereocenters. The number of nitrogens with one attached hydrogen (secondary N) is 1. The molecule has 3 rings (SSSR count). The number of benzene rings is 1. The van der Waals surface area contributed by atoms with Crippen LogP contribution in [-0.4, -0.2) is 22.5 Å². The molecular weight excluding hydrogens is 356 g/mol. The van der Waals surface area contributed by atoms with Crippen LogP contribution in [0.15, 0.2) is 36.5 Å². The molecular formula is C21H22N4O3. The number of pyridine rings is 1. The summed E-state index contributed by atoms with van der Waals surface area (Å²) in [5, 5.41) is 11.6. The van der Waals surface area contributed by atoms with E-state index < -0.39 is 11.6 Å². The van der Waals surface area contributed by atoms with Crippen molar-refractivity contribution in [1.82, 2.24) is 10.3 Å². The second kappa shape index (κ2) is 7.31. The number of amides is 3. The van der Waals surface area contributed by atoms with E-state index in [9.17, 15) is 14.9 Å². The van der Waals surface area contributed by atoms with Crippen molar-refractivity contribution < 1.29 is 14.3 Å². The summed E-state index contributed by atoms with van der Waals surface area (Å²) in [5.74, 6) is 0.799. The molecule has 7 heteroatoms. The molecule has 1 fully saturated rings. The lowest BCUT2D eigenvalue weighted by atomic mass is 9.97. The van der Waals surface area contributed by atoms with Crippen LogP contribution in [0.25, 0.3) is 0 Å². The highest BCUT2D eigenvalue weighted by Gasteiger charge is 2.48. The van der Waals surface area contributed by atoms with E-state index in [1.807, 2.05) is 26.8 Å². The van der Waals surface area contributed by atoms with Crippen molar-refractivity contribution in [2.75, 3.05) is 4.90 Å². The highest BCUT2D eigenvalue weighted by molar-refractivity contribution is 6.16. The Bertz CT molecular complexity index is 963. The van der Waals surface area contributed by atoms with Gasteiger partial charge in [-0.15, -0.1) is 0 Å². The molecule has 2 aromatic rings. The monoisotopic (exact) mass is 378 g/mol. The van der Waals surface area contributed by atoms with Crippen molar-refractivity contribution in [3.63, 3.8) is 0 Å². The van der Waals surface area contributed by atoms with Gasteiger partial charge in [0, 0.05) is 6.07 Å². The molecule has 0 bridgehead atoms. The van der Waals surface area contributed by atoms with E-state index in [4.69, 9.17) is 4.74 Å². The summed E-state index contributed by atoms with van der Waals surface area (Å²) < 4.78 is 5.81. The number of ether oxygens (including phenoxy) is 1. The van der Waals surface area contributed by atoms with Gasteiger partial charge in [-0.2, -0.15) is 5.26 Å². The molecule has 28 heavy (non-hydrogen) atoms. The molecule has 1 aromatic carbocycles. The van der Waals surface area contributed by atoms with E-state index in [-0.39, 0.29) is 11.8 Å². The van der Waals surface area contributed by atoms with Gasteiger partial charge in [0.1, 0.15) is 11.3 Å². The van der Waals surface area contributed by atoms with Crippen molar-refractivity contribution in [3.8, 4) is 17.7 Å². The zero-order valence-electron chi connectivity index (χ0n) is 16.3. The van der Waals surface area contributed by atoms with Crippen molar-refractivity contribution in [3.05, 3.63) is 47.7 Å². The van der Waals surface area contributed by atoms with Gasteiger partial charge in [-0.25, -0.2) is 9.78 Å². The average Bonchev–Trinajstić information content (AvgIpc) is 2.91. The van der Waals surface area contributed by atoms with Crippen LogP contribution < -0.4 is 15.0 Å². The highest BCUT2D eigenvalue weighted by atomic mass is 16.5. The normalized spacial score (nSPS) is 18.9. The minimum absolute atomic E-state index is 0.187. The van der Waals surface area contributed by atoms with Crippen LogP contribution in [0.5, 0.6) is 11.6 Å². The summed E-state index contributed by atoms with van der Waals surface area (Å²) in [6.07, 6.45) is 1.99. The van der Waals surface area contributed by atoms with Gasteiger partial charge < -0.3 is 4.74 Å². The molecule has 3 amide bonds. The third-order valence-electron chi connectivity index (χ3n) is 5.06. The van der Waals surface area contributed by atoms with E-state index >= 15 is 0 Å². The molecule has 0 radical (unpaired) electrons. The van der Waals surface area contributed by atoms with Gasteiger partial charge in [-0.1, -0.05) is 20.8 Å². The van der Waals surface area contributed by atoms with Crippen molar-refractivity contribution in [2.45, 2.75) is 45.6 Å². The third-order valence-corrected chi connectivity index (χ3v) is 5.06. The second-order valence-electron chi connectivity index (χ2n) is 7.19. The van der Waals surface area contributed by atoms with Crippen LogP contribution in [0.3, 0.4) is 0 Å². The zero-order chi connectivity index (χ0) is 20.5. The van der Waals surface area contributed by atoms with Crippen molar-refractivity contribution >= 4 is 17.6 Å². The first kappa shape index (κ1) is 19.4. The number of nitriles is 1. The summed E-state index contributed by atoms with van der Waals surface area (Å²) >= 11 is 0. The predicted molar refractivity (Wildman–Crippen MR) is 104 cm³/mol. The summed E-state index contributed by atoms with van der Waals surface area (Å²) in [7, 11) is 0. The largest absolute Gasteiger partial charge is 0.439 e. The minimum atomic E-state index is -0.944. The van der Waals surface area contributed by atoms with Crippen LogP contribution in [0.2, 0.25) is 0 Å². The number of hydrogen-bond acceptors (Lipinski definition) is 5. The Morgan fingerprint density at radius 3 is 2.61 bits per heavy atom. The quantitative estimate of drug-likeness (QED) is 0.791. The van der Waals surface area contributed by atoms with Gasteiger partial charge in [-0.3, -0.25) is 15.0 Å². The van der Waals surface area contributed by atoms with E-state index in [1.165, 1.54) is 11.1 Å². The van der Waals surface area contributed by atoms with Gasteiger partial charge in [-0.05, 0) is 49.1 Å². The Morgan fingerprint density at radius 1 is 1.29 bits per heavy atom. The Hall–Kier alpha value is -3.40. The van der Waals surface area contributed by atoms with Crippen molar-refractivity contribution in [1.29, 1.82) is 5.26 Å². The molecule has 1 aliphatic rings. The molecule has 1 aliphatic heterocycles. The van der Waals surface area contributed by atoms with E-state index in [2.05, 4.69) is 16.4 Å². The van der Waals surface area contributed by atoms with Crippen LogP contribution in [0.4, 0.5) is 10.5 Å². The molecule has 7 nitrogen and oxygen atoms in total. The number of rotatable bonds is 5. The zero-order valence-corrected chi connectivity index (χ0v) is 16.3. The maximum atomic E-state index is 12.2. The fourth-order valence-electron chi connectivity index (χ4n) is 3.20. The Labute approximate surface area is 163 Å². The van der Waals surface area contributed by atoms with Crippen LogP contribution >= 0.6 is 0 Å². The van der Waals surface area contributed by atoms with E-state index in [0.29, 0.717) is 29.3 Å². The first-order chi connectivity index (χ1) is 13.3. The van der Waals surface area contributed by atoms with Crippen LogP contribution in [0.1, 0.15) is 51.2 Å². The lowest BCUT2D eigenvalue weighted by molar-refractivity contribution is -0.122. The smallest absolute Gasteiger partial charge is 0.329 e. The lowest BCUT2D eigenvalue weighted by Gasteiger charge is -2.30. The number of nitrogens with zero attached hydrogens (tertiary/aromatic N) is 3. The summed E-state index contributed by atoms with van der Waals surface area (Å²) in [6, 6.07) is 10.4. The Morgan fingerprint density at radius 2 is 2.04 bits per heavy atom. The molecule has 0 saturated carbocycles. The molecule has 0 spiro atoms. The maximum absolute atomic E-state index is 12.2. The molecule has 1 saturated heterocycles. The fraction of sp³-hybridized carbons (Fsp3) is 0.333. The molecule has 0 aliphatic carbocycles. The predicted octanol–water partition coefficient (Wildman–Crippen LogP) is 4.09. The van der Waals surface area contributed by atoms with Crippen molar-refractivity contribution in [2.24, 2.45) is 0 Å². The van der Waals surface area contributed by atoms with Gasteiger partial charge in [0.05, 0.1) is 23.5 Å². The average molecular weight is 378 g/mol. The SMILES string of the molecule is CC[C@]1(C)C(=O)NC(=O)N1c1ccc(Oc2ccc(C#N)c(C(C)C)c2)nc1. The summed E-state index contributed by atoms with van der Waals surface area (Å²) in [4.78, 5) is 30.0. The number of urea groups is 1. The second-order valence-corrected chi connectivity index (χ2v) is 7.19. The number of carbonyl (C=O) groups excluding carboxylic acids is 2. The summed E-state index contributed by atoms with van der Waals surface area (Å²) in [6.45, 7) is 7.61. The number of anilines is 1. The maximum Gasteiger partial charge on any atom is 0.329 e. The van der Waals surface area contributed by atoms with E-state index in [1.54, 1.807) is 31.2 Å². The third kappa shape index (κ3) is 3.29. The van der Waals surface area contributed by atoms with Gasteiger partial charge in [0.25, 0.3) is 5.91 Å². The molecule has 1 N–H and O–H groups in total. The fourth-order valence-corrected chi connectivity index (χ4v) is 3.20. The minimum Gasteiger partial charge on any atom is -0.439 e. The molecule has 2 heterocycles. The lowest BCUT2D eigenvalue weighted by Crippen LogP contribution is -2.46. The Balaban J connectivity index is 1.84. The Kier molecular flexibility index (Phi) is 5.06. The topological polar surface area (TPSA) is 95.3 Å². The highest BCUT2D eigenvalue weighted by Crippen LogP contribution is 2.32. The van der Waals surface area contributed by atoms with Gasteiger partial charge in [0.2, 0.25) is 5.88 Å². The number of hydrogen-bond donors (Lipinski definition) is 1. The summed E-state index contributed by atoms with van der Waals surface area (Å²) in [5.41, 5.74) is 1.10. The van der Waals surface area contributed by atoms with E-state index in [0.717, 1.165) is 5.56 Å². The standard InChI is InChI=1S/C21H22N4O3/c1-5-21(4)19(26)24-20(27)25(21)15-7-9-18(23-12-15)28-16-8-6-14(11-22)17(10-16)13(2)3/h6-10,12-13H,5H2,1-4H3,(H,24,26,27)/t21-/m1/s1.